The molecular weight excluding hydrogens is 390 g/mol. The van der Waals surface area contributed by atoms with E-state index in [0.717, 1.165) is 5.56 Å². The molecule has 0 fully saturated rings. The highest BCUT2D eigenvalue weighted by Gasteiger charge is 2.13. The van der Waals surface area contributed by atoms with Gasteiger partial charge in [-0.1, -0.05) is 30.3 Å². The fraction of sp³-hybridized carbons (Fsp3) is 0.238. The highest BCUT2D eigenvalue weighted by Crippen LogP contribution is 2.27. The second kappa shape index (κ2) is 11.2. The van der Waals surface area contributed by atoms with E-state index in [-0.39, 0.29) is 24.8 Å². The van der Waals surface area contributed by atoms with Gasteiger partial charge in [0.25, 0.3) is 5.91 Å². The minimum atomic E-state index is -0.745. The number of hydrogen-bond donors (Lipinski definition) is 3. The molecule has 30 heavy (non-hydrogen) atoms. The second-order valence-corrected chi connectivity index (χ2v) is 6.24. The Balaban J connectivity index is 1.79. The Kier molecular flexibility index (Phi) is 8.37. The molecule has 0 unspecified atom stereocenters. The first-order valence-electron chi connectivity index (χ1n) is 9.09. The number of nitrogens with one attached hydrogen (secondary N) is 3. The smallest absolute Gasteiger partial charge is 0.325 e. The third kappa shape index (κ3) is 7.63. The van der Waals surface area contributed by atoms with Crippen molar-refractivity contribution in [3.05, 3.63) is 54.1 Å². The molecule has 0 aromatic heterocycles. The fourth-order valence-corrected chi connectivity index (χ4v) is 2.48. The van der Waals surface area contributed by atoms with Gasteiger partial charge in [0.05, 0.1) is 19.2 Å². The van der Waals surface area contributed by atoms with E-state index in [0.29, 0.717) is 17.1 Å². The van der Waals surface area contributed by atoms with Crippen LogP contribution >= 0.6 is 0 Å². The van der Waals surface area contributed by atoms with E-state index in [1.165, 1.54) is 20.1 Å². The molecule has 0 aliphatic heterocycles. The average Bonchev–Trinajstić information content (AvgIpc) is 2.71. The molecule has 158 valence electrons. The summed E-state index contributed by atoms with van der Waals surface area (Å²) in [5.41, 5.74) is 1.59. The summed E-state index contributed by atoms with van der Waals surface area (Å²) in [6, 6.07) is 13.8. The summed E-state index contributed by atoms with van der Waals surface area (Å²) in [7, 11) is 1.43. The van der Waals surface area contributed by atoms with E-state index in [4.69, 9.17) is 9.47 Å². The van der Waals surface area contributed by atoms with Crippen LogP contribution in [0.2, 0.25) is 0 Å². The summed E-state index contributed by atoms with van der Waals surface area (Å²) < 4.78 is 10.0. The van der Waals surface area contributed by atoms with Gasteiger partial charge in [0.15, 0.2) is 6.61 Å². The van der Waals surface area contributed by atoms with Crippen molar-refractivity contribution in [3.63, 3.8) is 0 Å². The molecule has 9 heteroatoms. The molecule has 2 rings (SSSR count). The average molecular weight is 413 g/mol. The van der Waals surface area contributed by atoms with Crippen LogP contribution in [0.15, 0.2) is 48.5 Å². The molecule has 0 atom stereocenters. The van der Waals surface area contributed by atoms with Gasteiger partial charge in [0.1, 0.15) is 12.3 Å². The van der Waals surface area contributed by atoms with Crippen LogP contribution in [0.4, 0.5) is 11.4 Å². The molecule has 3 amide bonds. The van der Waals surface area contributed by atoms with Crippen LogP contribution in [-0.2, 0) is 30.3 Å². The summed E-state index contributed by atoms with van der Waals surface area (Å²) in [4.78, 5) is 46.9. The van der Waals surface area contributed by atoms with Crippen molar-refractivity contribution < 1.29 is 28.7 Å². The number of benzene rings is 2. The number of carbonyl (C=O) groups is 4. The van der Waals surface area contributed by atoms with Crippen LogP contribution in [0.3, 0.4) is 0 Å². The van der Waals surface area contributed by atoms with Crippen molar-refractivity contribution in [3.8, 4) is 5.75 Å². The van der Waals surface area contributed by atoms with E-state index in [1.807, 2.05) is 18.2 Å². The molecular formula is C21H23N3O6. The van der Waals surface area contributed by atoms with Gasteiger partial charge in [-0.3, -0.25) is 19.2 Å². The Labute approximate surface area is 173 Å². The van der Waals surface area contributed by atoms with Crippen molar-refractivity contribution in [1.29, 1.82) is 0 Å². The van der Waals surface area contributed by atoms with Crippen molar-refractivity contribution in [2.75, 3.05) is 30.9 Å². The Hall–Kier alpha value is -3.88. The van der Waals surface area contributed by atoms with Crippen LogP contribution in [0, 0.1) is 0 Å². The third-order valence-corrected chi connectivity index (χ3v) is 3.80. The second-order valence-electron chi connectivity index (χ2n) is 6.24. The van der Waals surface area contributed by atoms with Crippen LogP contribution < -0.4 is 20.7 Å². The van der Waals surface area contributed by atoms with Gasteiger partial charge >= 0.3 is 5.97 Å². The van der Waals surface area contributed by atoms with Gasteiger partial charge in [0.2, 0.25) is 11.8 Å². The van der Waals surface area contributed by atoms with Crippen molar-refractivity contribution in [2.24, 2.45) is 0 Å². The molecule has 0 saturated heterocycles. The summed E-state index contributed by atoms with van der Waals surface area (Å²) in [6.07, 6.45) is 0.138. The van der Waals surface area contributed by atoms with Crippen molar-refractivity contribution >= 4 is 35.1 Å². The lowest BCUT2D eigenvalue weighted by Gasteiger charge is -2.12. The first-order chi connectivity index (χ1) is 14.4. The molecule has 9 nitrogen and oxygen atoms in total. The van der Waals surface area contributed by atoms with Crippen LogP contribution in [0.1, 0.15) is 12.5 Å². The van der Waals surface area contributed by atoms with Gasteiger partial charge in [-0.15, -0.1) is 0 Å². The zero-order chi connectivity index (χ0) is 21.9. The highest BCUT2D eigenvalue weighted by molar-refractivity contribution is 5.96. The molecule has 0 aliphatic carbocycles. The minimum Gasteiger partial charge on any atom is -0.495 e. The van der Waals surface area contributed by atoms with Crippen LogP contribution in [-0.4, -0.2) is 44.0 Å². The first-order valence-corrected chi connectivity index (χ1v) is 9.09. The molecule has 0 saturated carbocycles. The molecule has 0 bridgehead atoms. The number of rotatable bonds is 9. The zero-order valence-corrected chi connectivity index (χ0v) is 16.7. The van der Waals surface area contributed by atoms with Crippen molar-refractivity contribution in [1.82, 2.24) is 5.32 Å². The Morgan fingerprint density at radius 1 is 0.933 bits per heavy atom. The molecule has 0 aliphatic rings. The normalized spacial score (nSPS) is 9.93. The quantitative estimate of drug-likeness (QED) is 0.536. The Morgan fingerprint density at radius 3 is 2.33 bits per heavy atom. The van der Waals surface area contributed by atoms with E-state index in [9.17, 15) is 19.2 Å². The van der Waals surface area contributed by atoms with E-state index in [2.05, 4.69) is 16.0 Å². The number of methoxy groups -OCH3 is 1. The third-order valence-electron chi connectivity index (χ3n) is 3.80. The summed E-state index contributed by atoms with van der Waals surface area (Å²) in [6.45, 7) is 0.474. The van der Waals surface area contributed by atoms with E-state index in [1.54, 1.807) is 24.3 Å². The summed E-state index contributed by atoms with van der Waals surface area (Å²) in [5, 5.41) is 7.58. The van der Waals surface area contributed by atoms with Gasteiger partial charge < -0.3 is 25.4 Å². The Morgan fingerprint density at radius 2 is 1.67 bits per heavy atom. The molecule has 3 N–H and O–H groups in total. The fourth-order valence-electron chi connectivity index (χ4n) is 2.48. The lowest BCUT2D eigenvalue weighted by atomic mass is 10.1. The van der Waals surface area contributed by atoms with Gasteiger partial charge in [-0.25, -0.2) is 0 Å². The van der Waals surface area contributed by atoms with Gasteiger partial charge in [-0.05, 0) is 23.8 Å². The van der Waals surface area contributed by atoms with Crippen LogP contribution in [0.5, 0.6) is 5.75 Å². The van der Waals surface area contributed by atoms with E-state index >= 15 is 0 Å². The maximum atomic E-state index is 12.1. The topological polar surface area (TPSA) is 123 Å². The minimum absolute atomic E-state index is 0.138. The molecule has 0 radical (unpaired) electrons. The molecule has 0 heterocycles. The zero-order valence-electron chi connectivity index (χ0n) is 16.7. The number of hydrogen-bond acceptors (Lipinski definition) is 6. The van der Waals surface area contributed by atoms with E-state index < -0.39 is 18.5 Å². The monoisotopic (exact) mass is 413 g/mol. The summed E-state index contributed by atoms with van der Waals surface area (Å²) >= 11 is 0. The summed E-state index contributed by atoms with van der Waals surface area (Å²) in [5.74, 6) is -1.57. The maximum Gasteiger partial charge on any atom is 0.325 e. The predicted molar refractivity (Wildman–Crippen MR) is 110 cm³/mol. The van der Waals surface area contributed by atoms with Gasteiger partial charge in [0, 0.05) is 12.6 Å². The number of ether oxygens (including phenoxy) is 2. The van der Waals surface area contributed by atoms with Crippen molar-refractivity contribution in [2.45, 2.75) is 13.3 Å². The molecule has 2 aromatic rings. The highest BCUT2D eigenvalue weighted by atomic mass is 16.5. The van der Waals surface area contributed by atoms with Gasteiger partial charge in [-0.2, -0.15) is 0 Å². The Bertz CT molecular complexity index is 914. The first kappa shape index (κ1) is 22.4. The molecule has 2 aromatic carbocycles. The molecule has 0 spiro atoms. The predicted octanol–water partition coefficient (Wildman–Crippen LogP) is 1.49. The number of esters is 1. The lowest BCUT2D eigenvalue weighted by Crippen LogP contribution is -2.33. The number of anilines is 2. The lowest BCUT2D eigenvalue weighted by molar-refractivity contribution is -0.147. The number of carbonyl (C=O) groups excluding carboxylic acids is 4. The number of amides is 3. The van der Waals surface area contributed by atoms with Crippen LogP contribution in [0.25, 0.3) is 0 Å². The largest absolute Gasteiger partial charge is 0.495 e. The standard InChI is InChI=1S/C21H23N3O6/c1-14(25)23-16-8-9-18(29-2)17(11-16)24-20(27)13-30-21(28)12-22-19(26)10-15-6-4-3-5-7-15/h3-9,11H,10,12-13H2,1-2H3,(H,22,26)(H,23,25)(H,24,27). The SMILES string of the molecule is COc1ccc(NC(C)=O)cc1NC(=O)COC(=O)CNC(=O)Cc1ccccc1. The maximum absolute atomic E-state index is 12.1.